The van der Waals surface area contributed by atoms with Crippen LogP contribution in [0.3, 0.4) is 0 Å². The Morgan fingerprint density at radius 1 is 0.762 bits per heavy atom. The van der Waals surface area contributed by atoms with Crippen LogP contribution in [0.2, 0.25) is 0 Å². The van der Waals surface area contributed by atoms with E-state index in [0.717, 1.165) is 11.5 Å². The highest BCUT2D eigenvalue weighted by Gasteiger charge is 2.26. The number of rotatable bonds is 2. The van der Waals surface area contributed by atoms with Gasteiger partial charge in [-0.05, 0) is 29.0 Å². The van der Waals surface area contributed by atoms with Crippen molar-refractivity contribution in [3.8, 4) is 11.5 Å². The van der Waals surface area contributed by atoms with E-state index in [1.165, 1.54) is 11.1 Å². The molecule has 0 aliphatic carbocycles. The third-order valence-electron chi connectivity index (χ3n) is 3.54. The molecular weight excluding hydrogens is 256 g/mol. The fourth-order valence-corrected chi connectivity index (χ4v) is 2.39. The Hall–Kier alpha value is -1.76. The summed E-state index contributed by atoms with van der Waals surface area (Å²) in [4.78, 5) is 0. The number of para-hydroxylation sites is 1. The van der Waals surface area contributed by atoms with E-state index in [2.05, 4.69) is 65.8 Å². The lowest BCUT2D eigenvalue weighted by Crippen LogP contribution is -2.18. The molecule has 1 nitrogen and oxygen atoms in total. The molecule has 0 saturated carbocycles. The van der Waals surface area contributed by atoms with Gasteiger partial charge in [-0.1, -0.05) is 71.9 Å². The molecule has 111 valence electrons. The SMILES string of the molecule is CC(C)(C)c1cccc(C(C)(C)C)c1Oc1cc[c]cc1. The molecule has 1 radical (unpaired) electrons. The monoisotopic (exact) mass is 281 g/mol. The van der Waals surface area contributed by atoms with Gasteiger partial charge in [-0.2, -0.15) is 0 Å². The van der Waals surface area contributed by atoms with Crippen molar-refractivity contribution in [1.82, 2.24) is 0 Å². The van der Waals surface area contributed by atoms with Crippen LogP contribution in [0.15, 0.2) is 42.5 Å². The Bertz CT molecular complexity index is 566. The second kappa shape index (κ2) is 5.55. The summed E-state index contributed by atoms with van der Waals surface area (Å²) in [6.45, 7) is 13.3. The van der Waals surface area contributed by atoms with Gasteiger partial charge in [0.25, 0.3) is 0 Å². The van der Waals surface area contributed by atoms with E-state index >= 15 is 0 Å². The van der Waals surface area contributed by atoms with Gasteiger partial charge in [-0.15, -0.1) is 0 Å². The molecule has 0 spiro atoms. The third-order valence-corrected chi connectivity index (χ3v) is 3.54. The largest absolute Gasteiger partial charge is 0.457 e. The summed E-state index contributed by atoms with van der Waals surface area (Å²) >= 11 is 0. The summed E-state index contributed by atoms with van der Waals surface area (Å²) in [5, 5.41) is 0. The normalized spacial score (nSPS) is 12.3. The van der Waals surface area contributed by atoms with Gasteiger partial charge in [-0.3, -0.25) is 0 Å². The summed E-state index contributed by atoms with van der Waals surface area (Å²) in [5.74, 6) is 1.85. The number of ether oxygens (including phenoxy) is 1. The first kappa shape index (κ1) is 15.6. The number of hydrogen-bond acceptors (Lipinski definition) is 1. The van der Waals surface area contributed by atoms with Crippen LogP contribution in [0.1, 0.15) is 52.7 Å². The van der Waals surface area contributed by atoms with Gasteiger partial charge >= 0.3 is 0 Å². The first-order valence-electron chi connectivity index (χ1n) is 7.47. The molecule has 0 N–H and O–H groups in total. The number of benzene rings is 2. The number of hydrogen-bond donors (Lipinski definition) is 0. The molecule has 0 fully saturated rings. The first-order chi connectivity index (χ1) is 9.69. The molecule has 0 atom stereocenters. The topological polar surface area (TPSA) is 9.23 Å². The van der Waals surface area contributed by atoms with Crippen molar-refractivity contribution in [3.05, 3.63) is 59.7 Å². The molecule has 2 rings (SSSR count). The van der Waals surface area contributed by atoms with Gasteiger partial charge in [0, 0.05) is 11.1 Å². The lowest BCUT2D eigenvalue weighted by Gasteiger charge is -2.29. The smallest absolute Gasteiger partial charge is 0.134 e. The lowest BCUT2D eigenvalue weighted by molar-refractivity contribution is 0.433. The van der Waals surface area contributed by atoms with E-state index in [-0.39, 0.29) is 10.8 Å². The highest BCUT2D eigenvalue weighted by Crippen LogP contribution is 2.41. The summed E-state index contributed by atoms with van der Waals surface area (Å²) in [6, 6.07) is 17.2. The van der Waals surface area contributed by atoms with Crippen LogP contribution >= 0.6 is 0 Å². The molecular formula is C20H25O. The second-order valence-electron chi connectivity index (χ2n) is 7.52. The molecule has 0 aliphatic heterocycles. The minimum Gasteiger partial charge on any atom is -0.457 e. The van der Waals surface area contributed by atoms with E-state index in [1.807, 2.05) is 24.3 Å². The molecule has 21 heavy (non-hydrogen) atoms. The Morgan fingerprint density at radius 3 is 1.67 bits per heavy atom. The van der Waals surface area contributed by atoms with Crippen molar-refractivity contribution in [2.75, 3.05) is 0 Å². The molecule has 1 heteroatoms. The molecule has 0 amide bonds. The molecule has 0 unspecified atom stereocenters. The van der Waals surface area contributed by atoms with Crippen LogP contribution in [0, 0.1) is 6.07 Å². The van der Waals surface area contributed by atoms with Crippen LogP contribution < -0.4 is 4.74 Å². The minimum absolute atomic E-state index is 0.0392. The predicted octanol–water partition coefficient (Wildman–Crippen LogP) is 5.87. The van der Waals surface area contributed by atoms with Gasteiger partial charge in [0.1, 0.15) is 11.5 Å². The summed E-state index contributed by atoms with van der Waals surface area (Å²) in [7, 11) is 0. The molecule has 0 saturated heterocycles. The van der Waals surface area contributed by atoms with E-state index in [1.54, 1.807) is 0 Å². The van der Waals surface area contributed by atoms with Crippen LogP contribution in [0.25, 0.3) is 0 Å². The van der Waals surface area contributed by atoms with Crippen molar-refractivity contribution in [2.24, 2.45) is 0 Å². The molecule has 0 aliphatic rings. The summed E-state index contributed by atoms with van der Waals surface area (Å²) in [5.41, 5.74) is 2.56. The van der Waals surface area contributed by atoms with Gasteiger partial charge in [0.2, 0.25) is 0 Å². The van der Waals surface area contributed by atoms with E-state index < -0.39 is 0 Å². The zero-order valence-corrected chi connectivity index (χ0v) is 13.9. The highest BCUT2D eigenvalue weighted by molar-refractivity contribution is 5.50. The maximum atomic E-state index is 6.27. The molecule has 0 heterocycles. The van der Waals surface area contributed by atoms with Gasteiger partial charge in [-0.25, -0.2) is 0 Å². The van der Waals surface area contributed by atoms with Crippen molar-refractivity contribution in [2.45, 2.75) is 52.4 Å². The second-order valence-corrected chi connectivity index (χ2v) is 7.52. The summed E-state index contributed by atoms with van der Waals surface area (Å²) in [6.07, 6.45) is 0. The van der Waals surface area contributed by atoms with E-state index in [9.17, 15) is 0 Å². The quantitative estimate of drug-likeness (QED) is 0.668. The van der Waals surface area contributed by atoms with Gasteiger partial charge in [0.05, 0.1) is 0 Å². The van der Waals surface area contributed by atoms with E-state index in [4.69, 9.17) is 4.74 Å². The van der Waals surface area contributed by atoms with Gasteiger partial charge < -0.3 is 4.74 Å². The predicted molar refractivity (Wildman–Crippen MR) is 89.2 cm³/mol. The fraction of sp³-hybridized carbons (Fsp3) is 0.400. The van der Waals surface area contributed by atoms with Crippen LogP contribution in [0.5, 0.6) is 11.5 Å². The van der Waals surface area contributed by atoms with Crippen molar-refractivity contribution in [3.63, 3.8) is 0 Å². The molecule has 2 aromatic rings. The fourth-order valence-electron chi connectivity index (χ4n) is 2.39. The molecule has 0 aromatic heterocycles. The zero-order chi connectivity index (χ0) is 15.7. The minimum atomic E-state index is 0.0392. The maximum Gasteiger partial charge on any atom is 0.134 e. The first-order valence-corrected chi connectivity index (χ1v) is 7.47. The van der Waals surface area contributed by atoms with Crippen molar-refractivity contribution in [1.29, 1.82) is 0 Å². The van der Waals surface area contributed by atoms with Crippen LogP contribution in [-0.4, -0.2) is 0 Å². The highest BCUT2D eigenvalue weighted by atomic mass is 16.5. The molecule has 0 bridgehead atoms. The Morgan fingerprint density at radius 2 is 1.24 bits per heavy atom. The zero-order valence-electron chi connectivity index (χ0n) is 13.9. The average molecular weight is 281 g/mol. The van der Waals surface area contributed by atoms with Crippen molar-refractivity contribution >= 4 is 0 Å². The van der Waals surface area contributed by atoms with Crippen molar-refractivity contribution < 1.29 is 4.74 Å². The average Bonchev–Trinajstić information content (AvgIpc) is 2.37. The van der Waals surface area contributed by atoms with Crippen LogP contribution in [0.4, 0.5) is 0 Å². The van der Waals surface area contributed by atoms with Gasteiger partial charge in [0.15, 0.2) is 0 Å². The molecule has 2 aromatic carbocycles. The standard InChI is InChI=1S/C20H25O/c1-19(2,3)16-13-10-14-17(20(4,5)6)18(16)21-15-11-8-7-9-12-15/h8-14H,1-6H3. The Balaban J connectivity index is 2.59. The van der Waals surface area contributed by atoms with E-state index in [0.29, 0.717) is 0 Å². The maximum absolute atomic E-state index is 6.27. The summed E-state index contributed by atoms with van der Waals surface area (Å²) < 4.78 is 6.27. The third kappa shape index (κ3) is 3.66. The van der Waals surface area contributed by atoms with Crippen LogP contribution in [-0.2, 0) is 10.8 Å². The Kier molecular flexibility index (Phi) is 4.13. The lowest BCUT2D eigenvalue weighted by atomic mass is 9.79. The Labute approximate surface area is 129 Å².